The standard InChI is InChI=1S/C17H18O4S/c1-3-16(17(18)19)21-14-6-4-12(5-7-14)20-13-8-10-15(22-2)11-9-13/h4-11,16H,3H2,1-2H3,(H,18,19). The monoisotopic (exact) mass is 318 g/mol. The summed E-state index contributed by atoms with van der Waals surface area (Å²) in [6, 6.07) is 14.7. The van der Waals surface area contributed by atoms with Crippen molar-refractivity contribution in [2.75, 3.05) is 6.26 Å². The lowest BCUT2D eigenvalue weighted by atomic mass is 10.2. The van der Waals surface area contributed by atoms with Gasteiger partial charge >= 0.3 is 5.97 Å². The van der Waals surface area contributed by atoms with Crippen LogP contribution in [0.15, 0.2) is 53.4 Å². The van der Waals surface area contributed by atoms with E-state index < -0.39 is 12.1 Å². The van der Waals surface area contributed by atoms with Crippen LogP contribution in [0.5, 0.6) is 17.2 Å². The topological polar surface area (TPSA) is 55.8 Å². The number of hydrogen-bond acceptors (Lipinski definition) is 4. The predicted molar refractivity (Wildman–Crippen MR) is 87.1 cm³/mol. The van der Waals surface area contributed by atoms with Gasteiger partial charge in [-0.15, -0.1) is 11.8 Å². The number of hydrogen-bond donors (Lipinski definition) is 1. The number of carbonyl (C=O) groups is 1. The fourth-order valence-electron chi connectivity index (χ4n) is 1.84. The van der Waals surface area contributed by atoms with Gasteiger partial charge in [0.2, 0.25) is 0 Å². The van der Waals surface area contributed by atoms with Gasteiger partial charge in [0, 0.05) is 4.90 Å². The van der Waals surface area contributed by atoms with E-state index in [2.05, 4.69) is 0 Å². The summed E-state index contributed by atoms with van der Waals surface area (Å²) in [5.74, 6) is 0.979. The molecule has 1 atom stereocenters. The molecule has 0 radical (unpaired) electrons. The van der Waals surface area contributed by atoms with Crippen LogP contribution in [-0.2, 0) is 4.79 Å². The first-order chi connectivity index (χ1) is 10.6. The Morgan fingerprint density at radius 2 is 1.55 bits per heavy atom. The van der Waals surface area contributed by atoms with Gasteiger partial charge in [0.1, 0.15) is 17.2 Å². The molecule has 2 aromatic rings. The van der Waals surface area contributed by atoms with Crippen LogP contribution in [0.2, 0.25) is 0 Å². The summed E-state index contributed by atoms with van der Waals surface area (Å²) < 4.78 is 11.1. The van der Waals surface area contributed by atoms with Crippen LogP contribution in [-0.4, -0.2) is 23.4 Å². The highest BCUT2D eigenvalue weighted by atomic mass is 32.2. The molecule has 0 aliphatic rings. The van der Waals surface area contributed by atoms with Crippen molar-refractivity contribution in [3.63, 3.8) is 0 Å². The third kappa shape index (κ3) is 4.43. The molecule has 1 unspecified atom stereocenters. The van der Waals surface area contributed by atoms with E-state index in [1.165, 1.54) is 4.90 Å². The van der Waals surface area contributed by atoms with E-state index in [0.29, 0.717) is 17.9 Å². The molecule has 22 heavy (non-hydrogen) atoms. The number of thioether (sulfide) groups is 1. The Bertz CT molecular complexity index is 608. The maximum absolute atomic E-state index is 10.9. The second kappa shape index (κ2) is 7.75. The number of rotatable bonds is 7. The molecule has 0 heterocycles. The predicted octanol–water partition coefficient (Wildman–Crippen LogP) is 4.44. The SMILES string of the molecule is CCC(Oc1ccc(Oc2ccc(SC)cc2)cc1)C(=O)O. The zero-order chi connectivity index (χ0) is 15.9. The summed E-state index contributed by atoms with van der Waals surface area (Å²) in [5.41, 5.74) is 0. The Labute approximate surface area is 134 Å². The third-order valence-electron chi connectivity index (χ3n) is 3.04. The maximum atomic E-state index is 10.9. The quantitative estimate of drug-likeness (QED) is 0.765. The van der Waals surface area contributed by atoms with Crippen molar-refractivity contribution in [3.05, 3.63) is 48.5 Å². The van der Waals surface area contributed by atoms with E-state index in [4.69, 9.17) is 14.6 Å². The summed E-state index contributed by atoms with van der Waals surface area (Å²) in [6.45, 7) is 1.77. The number of ether oxygens (including phenoxy) is 2. The van der Waals surface area contributed by atoms with Crippen LogP contribution in [0.4, 0.5) is 0 Å². The molecule has 0 amide bonds. The minimum absolute atomic E-state index is 0.412. The average molecular weight is 318 g/mol. The highest BCUT2D eigenvalue weighted by Gasteiger charge is 2.16. The van der Waals surface area contributed by atoms with Gasteiger partial charge in [-0.05, 0) is 61.2 Å². The molecule has 0 fully saturated rings. The second-order valence-corrected chi connectivity index (χ2v) is 5.48. The molecule has 0 saturated carbocycles. The van der Waals surface area contributed by atoms with E-state index in [0.717, 1.165) is 5.75 Å². The third-order valence-corrected chi connectivity index (χ3v) is 3.79. The largest absolute Gasteiger partial charge is 0.479 e. The average Bonchev–Trinajstić information content (AvgIpc) is 2.54. The molecule has 0 aliphatic heterocycles. The molecule has 2 aromatic carbocycles. The zero-order valence-electron chi connectivity index (χ0n) is 12.5. The van der Waals surface area contributed by atoms with Crippen molar-refractivity contribution in [2.45, 2.75) is 24.3 Å². The van der Waals surface area contributed by atoms with Gasteiger partial charge in [0.25, 0.3) is 0 Å². The molecule has 0 saturated heterocycles. The van der Waals surface area contributed by atoms with Gasteiger partial charge in [-0.1, -0.05) is 6.92 Å². The molecule has 116 valence electrons. The molecule has 0 spiro atoms. The van der Waals surface area contributed by atoms with Crippen LogP contribution in [0, 0.1) is 0 Å². The van der Waals surface area contributed by atoms with E-state index in [1.54, 1.807) is 43.0 Å². The van der Waals surface area contributed by atoms with E-state index in [-0.39, 0.29) is 0 Å². The summed E-state index contributed by atoms with van der Waals surface area (Å²) in [6.07, 6.45) is 1.61. The minimum Gasteiger partial charge on any atom is -0.479 e. The van der Waals surface area contributed by atoms with Gasteiger partial charge in [0.05, 0.1) is 0 Å². The Morgan fingerprint density at radius 3 is 2.00 bits per heavy atom. The summed E-state index contributed by atoms with van der Waals surface area (Å²) in [7, 11) is 0. The lowest BCUT2D eigenvalue weighted by Crippen LogP contribution is -2.25. The van der Waals surface area contributed by atoms with Crippen molar-refractivity contribution in [2.24, 2.45) is 0 Å². The Balaban J connectivity index is 2.00. The summed E-state index contributed by atoms with van der Waals surface area (Å²) >= 11 is 1.68. The lowest BCUT2D eigenvalue weighted by Gasteiger charge is -2.13. The van der Waals surface area contributed by atoms with Gasteiger partial charge in [0.15, 0.2) is 6.10 Å². The van der Waals surface area contributed by atoms with Gasteiger partial charge in [-0.3, -0.25) is 0 Å². The molecular formula is C17H18O4S. The Kier molecular flexibility index (Phi) is 5.72. The maximum Gasteiger partial charge on any atom is 0.344 e. The molecule has 2 rings (SSSR count). The van der Waals surface area contributed by atoms with E-state index in [9.17, 15) is 4.79 Å². The highest BCUT2D eigenvalue weighted by molar-refractivity contribution is 7.98. The fraction of sp³-hybridized carbons (Fsp3) is 0.235. The molecular weight excluding hydrogens is 300 g/mol. The van der Waals surface area contributed by atoms with Gasteiger partial charge in [-0.2, -0.15) is 0 Å². The lowest BCUT2D eigenvalue weighted by molar-refractivity contribution is -0.145. The number of carboxylic acids is 1. The fourth-order valence-corrected chi connectivity index (χ4v) is 2.25. The van der Waals surface area contributed by atoms with Gasteiger partial charge < -0.3 is 14.6 Å². The molecule has 0 bridgehead atoms. The number of carboxylic acid groups (broad SMARTS) is 1. The first-order valence-electron chi connectivity index (χ1n) is 6.93. The molecule has 0 aromatic heterocycles. The molecule has 1 N–H and O–H groups in total. The van der Waals surface area contributed by atoms with Crippen LogP contribution in [0.25, 0.3) is 0 Å². The molecule has 4 nitrogen and oxygen atoms in total. The summed E-state index contributed by atoms with van der Waals surface area (Å²) in [4.78, 5) is 12.1. The van der Waals surface area contributed by atoms with Crippen LogP contribution >= 0.6 is 11.8 Å². The molecule has 5 heteroatoms. The minimum atomic E-state index is -0.961. The van der Waals surface area contributed by atoms with Crippen LogP contribution in [0.1, 0.15) is 13.3 Å². The smallest absolute Gasteiger partial charge is 0.344 e. The Morgan fingerprint density at radius 1 is 1.05 bits per heavy atom. The highest BCUT2D eigenvalue weighted by Crippen LogP contribution is 2.26. The summed E-state index contributed by atoms with van der Waals surface area (Å²) in [5, 5.41) is 8.98. The van der Waals surface area contributed by atoms with Crippen molar-refractivity contribution >= 4 is 17.7 Å². The van der Waals surface area contributed by atoms with E-state index in [1.807, 2.05) is 30.5 Å². The van der Waals surface area contributed by atoms with Gasteiger partial charge in [-0.25, -0.2) is 4.79 Å². The first kappa shape index (κ1) is 16.2. The van der Waals surface area contributed by atoms with Crippen LogP contribution in [0.3, 0.4) is 0 Å². The Hall–Kier alpha value is -2.14. The second-order valence-electron chi connectivity index (χ2n) is 4.60. The van der Waals surface area contributed by atoms with Crippen molar-refractivity contribution < 1.29 is 19.4 Å². The number of benzene rings is 2. The van der Waals surface area contributed by atoms with Crippen molar-refractivity contribution in [1.82, 2.24) is 0 Å². The zero-order valence-corrected chi connectivity index (χ0v) is 13.3. The normalized spacial score (nSPS) is 11.7. The molecule has 0 aliphatic carbocycles. The van der Waals surface area contributed by atoms with Crippen molar-refractivity contribution in [3.8, 4) is 17.2 Å². The first-order valence-corrected chi connectivity index (χ1v) is 8.16. The number of aliphatic carboxylic acids is 1. The van der Waals surface area contributed by atoms with E-state index >= 15 is 0 Å². The van der Waals surface area contributed by atoms with Crippen LogP contribution < -0.4 is 9.47 Å². The van der Waals surface area contributed by atoms with Crippen molar-refractivity contribution in [1.29, 1.82) is 0 Å².